The smallest absolute Gasteiger partial charge is 0.379 e. The van der Waals surface area contributed by atoms with Crippen molar-refractivity contribution in [3.63, 3.8) is 0 Å². The molecule has 3 nitrogen and oxygen atoms in total. The molecule has 1 aromatic carbocycles. The lowest BCUT2D eigenvalue weighted by molar-refractivity contribution is -0.174. The molecule has 2 N–H and O–H groups in total. The summed E-state index contributed by atoms with van der Waals surface area (Å²) in [7, 11) is 0. The van der Waals surface area contributed by atoms with Crippen LogP contribution in [0.4, 0.5) is 8.78 Å². The molecule has 1 aromatic rings. The number of hydrogen-bond acceptors (Lipinski definition) is 3. The van der Waals surface area contributed by atoms with Gasteiger partial charge in [-0.05, 0) is 24.6 Å². The zero-order valence-electron chi connectivity index (χ0n) is 9.12. The van der Waals surface area contributed by atoms with Gasteiger partial charge in [0, 0.05) is 5.02 Å². The Balaban J connectivity index is 2.91. The molecule has 0 amide bonds. The molecule has 94 valence electrons. The van der Waals surface area contributed by atoms with Crippen molar-refractivity contribution in [1.29, 1.82) is 0 Å². The first kappa shape index (κ1) is 13.9. The lowest BCUT2D eigenvalue weighted by Gasteiger charge is -2.21. The highest BCUT2D eigenvalue weighted by molar-refractivity contribution is 6.30. The number of ether oxygens (including phenoxy) is 1. The number of halogens is 3. The SMILES string of the molecule is CCOC(=O)C(F)(F)[C@H](N)c1ccc(Cl)cc1. The number of carbonyl (C=O) groups is 1. The van der Waals surface area contributed by atoms with Crippen molar-refractivity contribution >= 4 is 17.6 Å². The molecule has 0 heterocycles. The molecule has 17 heavy (non-hydrogen) atoms. The second kappa shape index (κ2) is 5.42. The zero-order valence-corrected chi connectivity index (χ0v) is 9.88. The van der Waals surface area contributed by atoms with Crippen LogP contribution < -0.4 is 5.73 Å². The summed E-state index contributed by atoms with van der Waals surface area (Å²) in [5, 5.41) is 0.403. The van der Waals surface area contributed by atoms with Crippen LogP contribution in [0.3, 0.4) is 0 Å². The Morgan fingerprint density at radius 2 is 2.00 bits per heavy atom. The number of nitrogens with two attached hydrogens (primary N) is 1. The van der Waals surface area contributed by atoms with E-state index in [9.17, 15) is 13.6 Å². The Hall–Kier alpha value is -1.20. The second-order valence-electron chi connectivity index (χ2n) is 3.37. The van der Waals surface area contributed by atoms with Crippen molar-refractivity contribution in [2.75, 3.05) is 6.61 Å². The molecule has 0 aliphatic heterocycles. The Kier molecular flexibility index (Phi) is 4.42. The third-order valence-corrected chi connectivity index (χ3v) is 2.42. The maximum atomic E-state index is 13.6. The van der Waals surface area contributed by atoms with Crippen LogP contribution in [-0.2, 0) is 9.53 Å². The summed E-state index contributed by atoms with van der Waals surface area (Å²) in [5.74, 6) is -5.38. The minimum Gasteiger partial charge on any atom is -0.462 e. The molecule has 1 atom stereocenters. The first-order valence-corrected chi connectivity index (χ1v) is 5.33. The van der Waals surface area contributed by atoms with Gasteiger partial charge in [0.2, 0.25) is 0 Å². The predicted molar refractivity (Wildman–Crippen MR) is 60.0 cm³/mol. The third-order valence-electron chi connectivity index (χ3n) is 2.17. The van der Waals surface area contributed by atoms with E-state index in [0.717, 1.165) is 0 Å². The number of alkyl halides is 2. The van der Waals surface area contributed by atoms with Crippen LogP contribution in [0.25, 0.3) is 0 Å². The van der Waals surface area contributed by atoms with E-state index in [-0.39, 0.29) is 12.2 Å². The summed E-state index contributed by atoms with van der Waals surface area (Å²) < 4.78 is 31.4. The van der Waals surface area contributed by atoms with Gasteiger partial charge in [0.05, 0.1) is 6.61 Å². The van der Waals surface area contributed by atoms with E-state index >= 15 is 0 Å². The standard InChI is InChI=1S/C11H12ClF2NO2/c1-2-17-10(16)11(13,14)9(15)7-3-5-8(12)6-4-7/h3-6,9H,2,15H2,1H3/t9-/m1/s1. The maximum absolute atomic E-state index is 13.6. The van der Waals surface area contributed by atoms with E-state index < -0.39 is 17.9 Å². The average molecular weight is 264 g/mol. The molecular formula is C11H12ClF2NO2. The fourth-order valence-electron chi connectivity index (χ4n) is 1.23. The van der Waals surface area contributed by atoms with Crippen LogP contribution in [0, 0.1) is 0 Å². The summed E-state index contributed by atoms with van der Waals surface area (Å²) in [6.45, 7) is 1.32. The highest BCUT2D eigenvalue weighted by atomic mass is 35.5. The monoisotopic (exact) mass is 263 g/mol. The largest absolute Gasteiger partial charge is 0.462 e. The number of carbonyl (C=O) groups excluding carboxylic acids is 1. The summed E-state index contributed by atoms with van der Waals surface area (Å²) in [6, 6.07) is 3.80. The quantitative estimate of drug-likeness (QED) is 0.850. The molecule has 0 spiro atoms. The summed E-state index contributed by atoms with van der Waals surface area (Å²) in [6.07, 6.45) is 0. The molecule has 0 saturated heterocycles. The zero-order chi connectivity index (χ0) is 13.1. The number of esters is 1. The average Bonchev–Trinajstić information content (AvgIpc) is 2.29. The molecule has 0 unspecified atom stereocenters. The third kappa shape index (κ3) is 3.14. The molecule has 0 bridgehead atoms. The molecule has 6 heteroatoms. The Morgan fingerprint density at radius 1 is 1.47 bits per heavy atom. The van der Waals surface area contributed by atoms with Gasteiger partial charge >= 0.3 is 11.9 Å². The Morgan fingerprint density at radius 3 is 2.47 bits per heavy atom. The van der Waals surface area contributed by atoms with Crippen LogP contribution in [0.5, 0.6) is 0 Å². The fourth-order valence-corrected chi connectivity index (χ4v) is 1.36. The maximum Gasteiger partial charge on any atom is 0.379 e. The van der Waals surface area contributed by atoms with Gasteiger partial charge in [-0.2, -0.15) is 8.78 Å². The highest BCUT2D eigenvalue weighted by Crippen LogP contribution is 2.31. The lowest BCUT2D eigenvalue weighted by atomic mass is 10.0. The molecule has 0 saturated carbocycles. The fraction of sp³-hybridized carbons (Fsp3) is 0.364. The summed E-state index contributed by atoms with van der Waals surface area (Å²) in [5.41, 5.74) is 5.48. The van der Waals surface area contributed by atoms with Gasteiger partial charge in [0.15, 0.2) is 0 Å². The van der Waals surface area contributed by atoms with Crippen molar-refractivity contribution in [2.24, 2.45) is 5.73 Å². The normalized spacial score (nSPS) is 13.2. The van der Waals surface area contributed by atoms with Crippen LogP contribution in [0.15, 0.2) is 24.3 Å². The minimum absolute atomic E-state index is 0.118. The molecule has 1 rings (SSSR count). The van der Waals surface area contributed by atoms with Crippen molar-refractivity contribution < 1.29 is 18.3 Å². The van der Waals surface area contributed by atoms with Crippen LogP contribution in [0.2, 0.25) is 5.02 Å². The first-order chi connectivity index (χ1) is 7.89. The molecule has 0 fully saturated rings. The van der Waals surface area contributed by atoms with E-state index in [1.807, 2.05) is 0 Å². The van der Waals surface area contributed by atoms with Crippen molar-refractivity contribution in [2.45, 2.75) is 18.9 Å². The first-order valence-electron chi connectivity index (χ1n) is 4.95. The molecular weight excluding hydrogens is 252 g/mol. The molecule has 0 radical (unpaired) electrons. The van der Waals surface area contributed by atoms with Crippen LogP contribution >= 0.6 is 11.6 Å². The van der Waals surface area contributed by atoms with Crippen molar-refractivity contribution in [1.82, 2.24) is 0 Å². The molecule has 0 aromatic heterocycles. The van der Waals surface area contributed by atoms with Crippen LogP contribution in [0.1, 0.15) is 18.5 Å². The Labute approximate surface area is 103 Å². The number of hydrogen-bond donors (Lipinski definition) is 1. The van der Waals surface area contributed by atoms with Gasteiger partial charge in [0.1, 0.15) is 6.04 Å². The second-order valence-corrected chi connectivity index (χ2v) is 3.81. The van der Waals surface area contributed by atoms with Gasteiger partial charge in [0.25, 0.3) is 0 Å². The van der Waals surface area contributed by atoms with E-state index in [1.165, 1.54) is 31.2 Å². The van der Waals surface area contributed by atoms with Gasteiger partial charge < -0.3 is 10.5 Å². The van der Waals surface area contributed by atoms with Gasteiger partial charge in [-0.1, -0.05) is 23.7 Å². The van der Waals surface area contributed by atoms with Gasteiger partial charge in [-0.25, -0.2) is 4.79 Å². The van der Waals surface area contributed by atoms with E-state index in [2.05, 4.69) is 4.74 Å². The Bertz CT molecular complexity index is 395. The van der Waals surface area contributed by atoms with Crippen molar-refractivity contribution in [3.05, 3.63) is 34.9 Å². The summed E-state index contributed by atoms with van der Waals surface area (Å²) in [4.78, 5) is 11.1. The highest BCUT2D eigenvalue weighted by Gasteiger charge is 2.47. The topological polar surface area (TPSA) is 52.3 Å². The lowest BCUT2D eigenvalue weighted by Crippen LogP contribution is -2.41. The van der Waals surface area contributed by atoms with E-state index in [1.54, 1.807) is 0 Å². The van der Waals surface area contributed by atoms with E-state index in [0.29, 0.717) is 5.02 Å². The number of benzene rings is 1. The minimum atomic E-state index is -3.76. The molecule has 0 aliphatic carbocycles. The van der Waals surface area contributed by atoms with Gasteiger partial charge in [-0.3, -0.25) is 0 Å². The summed E-state index contributed by atoms with van der Waals surface area (Å²) >= 11 is 5.62. The van der Waals surface area contributed by atoms with Crippen LogP contribution in [-0.4, -0.2) is 18.5 Å². The van der Waals surface area contributed by atoms with Crippen molar-refractivity contribution in [3.8, 4) is 0 Å². The number of rotatable bonds is 4. The predicted octanol–water partition coefficient (Wildman–Crippen LogP) is 2.54. The molecule has 0 aliphatic rings. The van der Waals surface area contributed by atoms with E-state index in [4.69, 9.17) is 17.3 Å². The van der Waals surface area contributed by atoms with Gasteiger partial charge in [-0.15, -0.1) is 0 Å².